The maximum Gasteiger partial charge on any atom is 0.238 e. The van der Waals surface area contributed by atoms with E-state index in [-0.39, 0.29) is 16.7 Å². The van der Waals surface area contributed by atoms with Crippen LogP contribution in [0.1, 0.15) is 29.2 Å². The fourth-order valence-electron chi connectivity index (χ4n) is 3.45. The molecule has 1 aliphatic rings. The summed E-state index contributed by atoms with van der Waals surface area (Å²) in [5, 5.41) is 21.7. The van der Waals surface area contributed by atoms with Gasteiger partial charge in [-0.3, -0.25) is 5.01 Å². The summed E-state index contributed by atoms with van der Waals surface area (Å²) < 4.78 is 23.1. The number of aryl methyl sites for hydroxylation is 1. The van der Waals surface area contributed by atoms with Gasteiger partial charge in [0, 0.05) is 12.0 Å². The normalized spacial score (nSPS) is 16.7. The van der Waals surface area contributed by atoms with Gasteiger partial charge in [-0.15, -0.1) is 0 Å². The summed E-state index contributed by atoms with van der Waals surface area (Å²) in [6.07, 6.45) is 0.656. The molecule has 0 spiro atoms. The van der Waals surface area contributed by atoms with Gasteiger partial charge in [0.05, 0.1) is 22.3 Å². The molecule has 1 aliphatic heterocycles. The molecule has 3 aromatic carbocycles. The Balaban J connectivity index is 1.75. The molecule has 148 valence electrons. The van der Waals surface area contributed by atoms with Crippen molar-refractivity contribution >= 4 is 21.4 Å². The molecule has 6 nitrogen and oxygen atoms in total. The largest absolute Gasteiger partial charge is 0.508 e. The standard InChI is InChI=1S/C22H21N3O3S/c1-15-5-7-16(8-6-15)22-14-21(17-3-2-4-19(26)13-17)24-25(22)18-9-11-20(12-10-18)29(23,27)28/h2-13,22,26H,14H2,1H3,(H2,23,27,28)/t22-/m0/s1. The highest BCUT2D eigenvalue weighted by Gasteiger charge is 2.30. The number of hydrazone groups is 1. The average Bonchev–Trinajstić information content (AvgIpc) is 3.13. The molecule has 0 aromatic heterocycles. The molecule has 1 atom stereocenters. The van der Waals surface area contributed by atoms with E-state index in [0.717, 1.165) is 22.5 Å². The Kier molecular flexibility index (Phi) is 4.86. The van der Waals surface area contributed by atoms with Gasteiger partial charge in [-0.25, -0.2) is 13.6 Å². The van der Waals surface area contributed by atoms with Gasteiger partial charge in [-0.05, 0) is 48.9 Å². The van der Waals surface area contributed by atoms with Crippen LogP contribution in [0.2, 0.25) is 0 Å². The second-order valence-corrected chi connectivity index (χ2v) is 8.67. The van der Waals surface area contributed by atoms with E-state index in [1.54, 1.807) is 30.3 Å². The van der Waals surface area contributed by atoms with Crippen LogP contribution in [0.25, 0.3) is 0 Å². The molecule has 7 heteroatoms. The van der Waals surface area contributed by atoms with Crippen molar-refractivity contribution in [2.45, 2.75) is 24.3 Å². The van der Waals surface area contributed by atoms with E-state index in [9.17, 15) is 13.5 Å². The van der Waals surface area contributed by atoms with Crippen LogP contribution in [0.5, 0.6) is 5.75 Å². The van der Waals surface area contributed by atoms with E-state index in [2.05, 4.69) is 24.3 Å². The Morgan fingerprint density at radius 1 is 1.03 bits per heavy atom. The van der Waals surface area contributed by atoms with Crippen molar-refractivity contribution in [1.29, 1.82) is 0 Å². The number of phenolic OH excluding ortho intramolecular Hbond substituents is 1. The minimum atomic E-state index is -3.75. The van der Waals surface area contributed by atoms with Crippen molar-refractivity contribution in [3.8, 4) is 5.75 Å². The lowest BCUT2D eigenvalue weighted by atomic mass is 9.97. The maximum atomic E-state index is 11.6. The van der Waals surface area contributed by atoms with Crippen LogP contribution >= 0.6 is 0 Å². The number of benzene rings is 3. The highest BCUT2D eigenvalue weighted by Crippen LogP contribution is 2.37. The lowest BCUT2D eigenvalue weighted by Gasteiger charge is -2.24. The third-order valence-corrected chi connectivity index (χ3v) is 5.91. The van der Waals surface area contributed by atoms with E-state index in [1.807, 2.05) is 18.0 Å². The Labute approximate surface area is 170 Å². The summed E-state index contributed by atoms with van der Waals surface area (Å²) >= 11 is 0. The fourth-order valence-corrected chi connectivity index (χ4v) is 3.96. The number of sulfonamides is 1. The van der Waals surface area contributed by atoms with E-state index >= 15 is 0 Å². The minimum Gasteiger partial charge on any atom is -0.508 e. The molecule has 0 aliphatic carbocycles. The Morgan fingerprint density at radius 3 is 2.34 bits per heavy atom. The molecule has 3 aromatic rings. The van der Waals surface area contributed by atoms with Crippen molar-refractivity contribution in [3.05, 3.63) is 89.5 Å². The van der Waals surface area contributed by atoms with E-state index in [0.29, 0.717) is 6.42 Å². The molecule has 0 amide bonds. The van der Waals surface area contributed by atoms with Crippen LogP contribution in [0.15, 0.2) is 82.8 Å². The average molecular weight is 407 g/mol. The first-order valence-corrected chi connectivity index (χ1v) is 10.7. The molecule has 3 N–H and O–H groups in total. The van der Waals surface area contributed by atoms with Crippen molar-refractivity contribution in [3.63, 3.8) is 0 Å². The number of nitrogens with zero attached hydrogens (tertiary/aromatic N) is 2. The van der Waals surface area contributed by atoms with Gasteiger partial charge in [0.1, 0.15) is 5.75 Å². The molecular formula is C22H21N3O3S. The van der Waals surface area contributed by atoms with Crippen molar-refractivity contribution in [2.75, 3.05) is 5.01 Å². The molecule has 0 fully saturated rings. The molecular weight excluding hydrogens is 386 g/mol. The molecule has 0 bridgehead atoms. The zero-order valence-corrected chi connectivity index (χ0v) is 16.7. The number of aromatic hydroxyl groups is 1. The summed E-state index contributed by atoms with van der Waals surface area (Å²) in [7, 11) is -3.75. The Morgan fingerprint density at radius 2 is 1.72 bits per heavy atom. The molecule has 29 heavy (non-hydrogen) atoms. The van der Waals surface area contributed by atoms with Crippen LogP contribution in [0, 0.1) is 6.92 Å². The highest BCUT2D eigenvalue weighted by atomic mass is 32.2. The fraction of sp³-hybridized carbons (Fsp3) is 0.136. The molecule has 1 heterocycles. The molecule has 0 radical (unpaired) electrons. The number of hydrogen-bond acceptors (Lipinski definition) is 5. The number of nitrogens with two attached hydrogens (primary N) is 1. The van der Waals surface area contributed by atoms with Crippen LogP contribution in [0.4, 0.5) is 5.69 Å². The third kappa shape index (κ3) is 4.01. The first-order chi connectivity index (χ1) is 13.8. The topological polar surface area (TPSA) is 96.0 Å². The summed E-state index contributed by atoms with van der Waals surface area (Å²) in [6.45, 7) is 2.04. The second kappa shape index (κ2) is 7.35. The number of rotatable bonds is 4. The lowest BCUT2D eigenvalue weighted by molar-refractivity contribution is 0.475. The van der Waals surface area contributed by atoms with Gasteiger partial charge in [0.25, 0.3) is 0 Å². The smallest absolute Gasteiger partial charge is 0.238 e. The summed E-state index contributed by atoms with van der Waals surface area (Å²) in [5.41, 5.74) is 4.74. The maximum absolute atomic E-state index is 11.6. The lowest BCUT2D eigenvalue weighted by Crippen LogP contribution is -2.19. The second-order valence-electron chi connectivity index (χ2n) is 7.11. The first kappa shape index (κ1) is 19.2. The van der Waals surface area contributed by atoms with Crippen LogP contribution in [-0.2, 0) is 10.0 Å². The summed E-state index contributed by atoms with van der Waals surface area (Å²) in [4.78, 5) is 0.0597. The van der Waals surface area contributed by atoms with E-state index in [4.69, 9.17) is 10.2 Å². The van der Waals surface area contributed by atoms with Gasteiger partial charge in [0.15, 0.2) is 0 Å². The van der Waals surface area contributed by atoms with E-state index < -0.39 is 10.0 Å². The van der Waals surface area contributed by atoms with Gasteiger partial charge < -0.3 is 5.11 Å². The highest BCUT2D eigenvalue weighted by molar-refractivity contribution is 7.89. The van der Waals surface area contributed by atoms with Crippen molar-refractivity contribution in [2.24, 2.45) is 10.2 Å². The monoisotopic (exact) mass is 407 g/mol. The van der Waals surface area contributed by atoms with Gasteiger partial charge in [-0.2, -0.15) is 5.10 Å². The summed E-state index contributed by atoms with van der Waals surface area (Å²) in [5.74, 6) is 0.188. The number of primary sulfonamides is 1. The minimum absolute atomic E-state index is 0.0479. The zero-order chi connectivity index (χ0) is 20.6. The predicted octanol–water partition coefficient (Wildman–Crippen LogP) is 3.70. The number of anilines is 1. The summed E-state index contributed by atoms with van der Waals surface area (Å²) in [6, 6.07) is 21.6. The quantitative estimate of drug-likeness (QED) is 0.689. The van der Waals surface area contributed by atoms with Crippen LogP contribution in [0.3, 0.4) is 0 Å². The van der Waals surface area contributed by atoms with Crippen molar-refractivity contribution < 1.29 is 13.5 Å². The molecule has 0 unspecified atom stereocenters. The SMILES string of the molecule is Cc1ccc([C@@H]2CC(c3cccc(O)c3)=NN2c2ccc(S(N)(=O)=O)cc2)cc1. The molecule has 0 saturated carbocycles. The van der Waals surface area contributed by atoms with Crippen molar-refractivity contribution in [1.82, 2.24) is 0 Å². The first-order valence-electron chi connectivity index (χ1n) is 9.17. The molecule has 4 rings (SSSR count). The van der Waals surface area contributed by atoms with Crippen LogP contribution < -0.4 is 10.1 Å². The third-order valence-electron chi connectivity index (χ3n) is 4.98. The van der Waals surface area contributed by atoms with Crippen LogP contribution in [-0.4, -0.2) is 19.2 Å². The number of hydrogen-bond donors (Lipinski definition) is 2. The van der Waals surface area contributed by atoms with Gasteiger partial charge in [0.2, 0.25) is 10.0 Å². The Bertz CT molecular complexity index is 1170. The Hall–Kier alpha value is -3.16. The van der Waals surface area contributed by atoms with E-state index in [1.165, 1.54) is 17.7 Å². The number of phenols is 1. The van der Waals surface area contributed by atoms with Gasteiger partial charge in [-0.1, -0.05) is 42.0 Å². The predicted molar refractivity (Wildman–Crippen MR) is 113 cm³/mol. The zero-order valence-electron chi connectivity index (χ0n) is 15.9. The van der Waals surface area contributed by atoms with Gasteiger partial charge >= 0.3 is 0 Å². The molecule has 0 saturated heterocycles.